The number of rotatable bonds is 6. The van der Waals surface area contributed by atoms with E-state index in [-0.39, 0.29) is 11.7 Å². The Bertz CT molecular complexity index is 1340. The first-order chi connectivity index (χ1) is 15.4. The molecule has 0 fully saturated rings. The van der Waals surface area contributed by atoms with E-state index in [0.29, 0.717) is 21.8 Å². The number of amides is 1. The summed E-state index contributed by atoms with van der Waals surface area (Å²) in [6.45, 7) is 4.01. The largest absolute Gasteiger partial charge is 0.397 e. The predicted molar refractivity (Wildman–Crippen MR) is 135 cm³/mol. The minimum atomic E-state index is -0.300. The van der Waals surface area contributed by atoms with Crippen molar-refractivity contribution in [3.05, 3.63) is 86.6 Å². The number of anilines is 2. The fourth-order valence-corrected chi connectivity index (χ4v) is 4.72. The van der Waals surface area contributed by atoms with E-state index in [4.69, 9.17) is 5.73 Å². The van der Waals surface area contributed by atoms with Crippen molar-refractivity contribution in [3.8, 4) is 0 Å². The van der Waals surface area contributed by atoms with Crippen LogP contribution in [0.2, 0.25) is 0 Å². The molecule has 4 aromatic rings. The van der Waals surface area contributed by atoms with E-state index in [1.54, 1.807) is 47.8 Å². The van der Waals surface area contributed by atoms with Gasteiger partial charge in [-0.25, -0.2) is 4.98 Å². The van der Waals surface area contributed by atoms with Crippen LogP contribution in [0.5, 0.6) is 0 Å². The van der Waals surface area contributed by atoms with Gasteiger partial charge in [-0.05, 0) is 79.9 Å². The molecule has 160 valence electrons. The molecule has 7 heteroatoms. The third-order valence-electron chi connectivity index (χ3n) is 4.63. The summed E-state index contributed by atoms with van der Waals surface area (Å²) < 4.78 is 0. The fraction of sp³-hybridized carbons (Fsp3) is 0.0800. The van der Waals surface area contributed by atoms with Crippen LogP contribution in [0.1, 0.15) is 44.4 Å². The number of hydrogen-bond donors (Lipinski definition) is 2. The Balaban J connectivity index is 1.49. The molecule has 3 aromatic heterocycles. The summed E-state index contributed by atoms with van der Waals surface area (Å²) in [4.78, 5) is 31.9. The Kier molecular flexibility index (Phi) is 6.30. The Labute approximate surface area is 193 Å². The maximum Gasteiger partial charge on any atom is 0.267 e. The van der Waals surface area contributed by atoms with Gasteiger partial charge in [0.15, 0.2) is 5.78 Å². The van der Waals surface area contributed by atoms with Gasteiger partial charge in [0.1, 0.15) is 9.71 Å². The molecule has 0 aliphatic heterocycles. The summed E-state index contributed by atoms with van der Waals surface area (Å²) in [6.07, 6.45) is 5.32. The highest BCUT2D eigenvalue weighted by atomic mass is 32.1. The predicted octanol–water partition coefficient (Wildman–Crippen LogP) is 6.51. The van der Waals surface area contributed by atoms with Crippen LogP contribution in [0, 0.1) is 0 Å². The Morgan fingerprint density at radius 2 is 1.84 bits per heavy atom. The minimum Gasteiger partial charge on any atom is -0.397 e. The summed E-state index contributed by atoms with van der Waals surface area (Å²) in [5.74, 6) is -0.394. The van der Waals surface area contributed by atoms with Crippen molar-refractivity contribution >= 4 is 68.1 Å². The zero-order valence-corrected chi connectivity index (χ0v) is 19.2. The van der Waals surface area contributed by atoms with Crippen molar-refractivity contribution in [2.45, 2.75) is 13.8 Å². The van der Waals surface area contributed by atoms with E-state index >= 15 is 0 Å². The molecule has 1 aromatic carbocycles. The zero-order chi connectivity index (χ0) is 22.7. The molecule has 4 rings (SSSR count). The number of allylic oxidation sites excluding steroid dienone is 2. The van der Waals surface area contributed by atoms with Crippen molar-refractivity contribution < 1.29 is 9.59 Å². The Morgan fingerprint density at radius 1 is 1.06 bits per heavy atom. The number of ketones is 1. The number of thiophene rings is 2. The van der Waals surface area contributed by atoms with Crippen molar-refractivity contribution in [2.24, 2.45) is 0 Å². The summed E-state index contributed by atoms with van der Waals surface area (Å²) in [5, 5.41) is 5.58. The van der Waals surface area contributed by atoms with Crippen LogP contribution in [-0.2, 0) is 0 Å². The highest BCUT2D eigenvalue weighted by molar-refractivity contribution is 7.21. The molecule has 0 saturated heterocycles. The van der Waals surface area contributed by atoms with E-state index in [9.17, 15) is 9.59 Å². The van der Waals surface area contributed by atoms with Crippen molar-refractivity contribution in [1.82, 2.24) is 4.98 Å². The Morgan fingerprint density at radius 3 is 2.53 bits per heavy atom. The number of nitrogens with zero attached hydrogens (tertiary/aromatic N) is 1. The minimum absolute atomic E-state index is 0.0942. The second-order valence-corrected chi connectivity index (χ2v) is 9.38. The standard InChI is InChI=1S/C25H21N3O2S2/c1-15(2)14-18-9-11-20-22(26)23(32-25(20)28-18)24(30)27-17-7-5-16(6-8-17)21(29)12-10-19-4-3-13-31-19/h3-14H,26H2,1-2H3,(H,27,30). The van der Waals surface area contributed by atoms with E-state index in [1.165, 1.54) is 11.3 Å². The number of fused-ring (bicyclic) bond motifs is 1. The first-order valence-electron chi connectivity index (χ1n) is 9.92. The number of carbonyl (C=O) groups is 2. The van der Waals surface area contributed by atoms with Crippen molar-refractivity contribution in [3.63, 3.8) is 0 Å². The molecular formula is C25H21N3O2S2. The number of nitrogens with two attached hydrogens (primary N) is 1. The Hall–Kier alpha value is -3.55. The summed E-state index contributed by atoms with van der Waals surface area (Å²) in [5.41, 5.74) is 9.76. The van der Waals surface area contributed by atoms with Crippen LogP contribution in [0.3, 0.4) is 0 Å². The van der Waals surface area contributed by atoms with E-state index in [1.807, 2.05) is 49.6 Å². The normalized spacial score (nSPS) is 11.1. The van der Waals surface area contributed by atoms with Gasteiger partial charge in [-0.2, -0.15) is 0 Å². The number of carbonyl (C=O) groups excluding carboxylic acids is 2. The number of hydrogen-bond acceptors (Lipinski definition) is 6. The maximum atomic E-state index is 12.8. The van der Waals surface area contributed by atoms with Gasteiger partial charge in [0.05, 0.1) is 11.4 Å². The second-order valence-electron chi connectivity index (χ2n) is 7.40. The number of nitrogen functional groups attached to an aromatic ring is 1. The molecule has 0 unspecified atom stereocenters. The van der Waals surface area contributed by atoms with Gasteiger partial charge in [-0.15, -0.1) is 22.7 Å². The third-order valence-corrected chi connectivity index (χ3v) is 6.58. The van der Waals surface area contributed by atoms with Crippen LogP contribution in [0.4, 0.5) is 11.4 Å². The van der Waals surface area contributed by atoms with Gasteiger partial charge >= 0.3 is 0 Å². The number of benzene rings is 1. The molecule has 0 aliphatic carbocycles. The summed E-state index contributed by atoms with van der Waals surface area (Å²) >= 11 is 2.84. The van der Waals surface area contributed by atoms with Crippen LogP contribution in [-0.4, -0.2) is 16.7 Å². The lowest BCUT2D eigenvalue weighted by atomic mass is 10.1. The molecule has 3 heterocycles. The lowest BCUT2D eigenvalue weighted by Crippen LogP contribution is -2.12. The smallest absolute Gasteiger partial charge is 0.267 e. The average molecular weight is 460 g/mol. The van der Waals surface area contributed by atoms with Crippen molar-refractivity contribution in [1.29, 1.82) is 0 Å². The molecular weight excluding hydrogens is 438 g/mol. The average Bonchev–Trinajstić information content (AvgIpc) is 3.40. The first kappa shape index (κ1) is 21.7. The van der Waals surface area contributed by atoms with Gasteiger partial charge < -0.3 is 11.1 Å². The van der Waals surface area contributed by atoms with Crippen LogP contribution < -0.4 is 11.1 Å². The lowest BCUT2D eigenvalue weighted by Gasteiger charge is -2.05. The molecule has 0 saturated carbocycles. The molecule has 0 aliphatic rings. The van der Waals surface area contributed by atoms with E-state index in [0.717, 1.165) is 26.4 Å². The zero-order valence-electron chi connectivity index (χ0n) is 17.6. The first-order valence-corrected chi connectivity index (χ1v) is 11.6. The SMILES string of the molecule is CC(C)=Cc1ccc2c(N)c(C(=O)Nc3ccc(C(=O)C=Cc4cccs4)cc3)sc2n1. The topological polar surface area (TPSA) is 85.1 Å². The van der Waals surface area contributed by atoms with Crippen LogP contribution in [0.25, 0.3) is 22.4 Å². The van der Waals surface area contributed by atoms with Gasteiger partial charge in [0, 0.05) is 21.5 Å². The molecule has 5 nitrogen and oxygen atoms in total. The molecule has 0 bridgehead atoms. The molecule has 0 radical (unpaired) electrons. The molecule has 3 N–H and O–H groups in total. The third kappa shape index (κ3) is 4.85. The van der Waals surface area contributed by atoms with Gasteiger partial charge in [-0.3, -0.25) is 9.59 Å². The summed E-state index contributed by atoms with van der Waals surface area (Å²) in [6, 6.07) is 14.5. The number of nitrogens with one attached hydrogen (secondary N) is 1. The van der Waals surface area contributed by atoms with Gasteiger partial charge in [0.25, 0.3) is 5.91 Å². The molecule has 32 heavy (non-hydrogen) atoms. The quantitative estimate of drug-likeness (QED) is 0.254. The molecule has 0 spiro atoms. The fourth-order valence-electron chi connectivity index (χ4n) is 3.10. The molecule has 0 atom stereocenters. The summed E-state index contributed by atoms with van der Waals surface area (Å²) in [7, 11) is 0. The highest BCUT2D eigenvalue weighted by Gasteiger charge is 2.17. The van der Waals surface area contributed by atoms with E-state index < -0.39 is 0 Å². The van der Waals surface area contributed by atoms with Crippen molar-refractivity contribution in [2.75, 3.05) is 11.1 Å². The van der Waals surface area contributed by atoms with Crippen LogP contribution >= 0.6 is 22.7 Å². The lowest BCUT2D eigenvalue weighted by molar-refractivity contribution is 0.102. The number of aromatic nitrogens is 1. The highest BCUT2D eigenvalue weighted by Crippen LogP contribution is 2.33. The van der Waals surface area contributed by atoms with Gasteiger partial charge in [0.2, 0.25) is 0 Å². The van der Waals surface area contributed by atoms with Crippen LogP contribution in [0.15, 0.2) is 65.6 Å². The molecule has 1 amide bonds. The van der Waals surface area contributed by atoms with E-state index in [2.05, 4.69) is 10.3 Å². The second kappa shape index (κ2) is 9.30. The maximum absolute atomic E-state index is 12.8. The number of pyridine rings is 1. The van der Waals surface area contributed by atoms with Gasteiger partial charge in [-0.1, -0.05) is 11.6 Å². The monoisotopic (exact) mass is 459 g/mol.